The highest BCUT2D eigenvalue weighted by molar-refractivity contribution is 7.22. The minimum atomic E-state index is -0.198. The van der Waals surface area contributed by atoms with E-state index in [9.17, 15) is 19.2 Å². The summed E-state index contributed by atoms with van der Waals surface area (Å²) in [4.78, 5) is 90.9. The van der Waals surface area contributed by atoms with Gasteiger partial charge in [-0.05, 0) is 135 Å². The topological polar surface area (TPSA) is 337 Å². The van der Waals surface area contributed by atoms with Gasteiger partial charge in [0.15, 0.2) is 20.5 Å². The van der Waals surface area contributed by atoms with E-state index in [1.54, 1.807) is 96.6 Å². The van der Waals surface area contributed by atoms with E-state index >= 15 is 0 Å². The van der Waals surface area contributed by atoms with Crippen molar-refractivity contribution in [1.82, 2.24) is 68.1 Å². The lowest BCUT2D eigenvalue weighted by molar-refractivity contribution is 0.0959. The monoisotopic (exact) mass is 1600 g/mol. The van der Waals surface area contributed by atoms with Crippen LogP contribution in [0.4, 0.5) is 63.3 Å². The molecule has 0 aliphatic carbocycles. The van der Waals surface area contributed by atoms with Crippen molar-refractivity contribution < 1.29 is 19.2 Å². The summed E-state index contributed by atoms with van der Waals surface area (Å²) in [5.74, 6) is -0.562. The van der Waals surface area contributed by atoms with E-state index in [0.29, 0.717) is 42.3 Å². The van der Waals surface area contributed by atoms with E-state index in [0.717, 1.165) is 117 Å². The molecule has 0 radical (unpaired) electrons. The molecule has 0 atom stereocenters. The number of benzene rings is 2. The maximum atomic E-state index is 12.6. The van der Waals surface area contributed by atoms with Gasteiger partial charge in [-0.15, -0.1) is 45.3 Å². The van der Waals surface area contributed by atoms with Gasteiger partial charge in [-0.3, -0.25) is 36.8 Å². The number of aryl methyl sites for hydroxylation is 2. The third-order valence-corrected chi connectivity index (χ3v) is 24.4. The number of nitrogens with one attached hydrogen (secondary N) is 8. The van der Waals surface area contributed by atoms with Gasteiger partial charge in [0.2, 0.25) is 0 Å². The van der Waals surface area contributed by atoms with Crippen LogP contribution in [0.3, 0.4) is 0 Å². The first-order chi connectivity index (χ1) is 53.6. The normalized spacial score (nSPS) is 10.9. The second-order valence-corrected chi connectivity index (χ2v) is 32.0. The molecule has 18 aromatic rings. The molecular weight excluding hydrogens is 1540 g/mol. The molecule has 34 heteroatoms. The van der Waals surface area contributed by atoms with Crippen LogP contribution >= 0.6 is 90.7 Å². The number of imidazole rings is 4. The molecule has 0 bridgehead atoms. The number of rotatable bonds is 18. The number of fused-ring (bicyclic) bond motifs is 4. The molecule has 0 saturated carbocycles. The fourth-order valence-corrected chi connectivity index (χ4v) is 18.3. The number of hydrogen-bond acceptors (Lipinski definition) is 26. The third-order valence-electron chi connectivity index (χ3n) is 16.4. The van der Waals surface area contributed by atoms with E-state index < -0.39 is 0 Å². The van der Waals surface area contributed by atoms with Crippen LogP contribution in [-0.2, 0) is 0 Å². The average molecular weight is 1600 g/mol. The summed E-state index contributed by atoms with van der Waals surface area (Å²) in [6, 6.07) is 52.7. The van der Waals surface area contributed by atoms with Crippen LogP contribution in [0.15, 0.2) is 232 Å². The predicted molar refractivity (Wildman–Crippen MR) is 449 cm³/mol. The van der Waals surface area contributed by atoms with Crippen molar-refractivity contribution in [2.75, 3.05) is 57.5 Å². The van der Waals surface area contributed by atoms with Crippen molar-refractivity contribution in [3.05, 3.63) is 263 Å². The molecular formula is C76H62N22O4S8. The van der Waals surface area contributed by atoms with Gasteiger partial charge in [0.05, 0.1) is 141 Å². The van der Waals surface area contributed by atoms with Crippen molar-refractivity contribution >= 4 is 200 Å². The molecule has 0 aliphatic heterocycles. The maximum absolute atomic E-state index is 12.6. The van der Waals surface area contributed by atoms with Crippen molar-refractivity contribution in [2.24, 2.45) is 0 Å². The molecule has 16 heterocycles. The number of anilines is 12. The standard InChI is InChI=1S/C22H18N6OS2.C21H16N6OS2.C17H15N5OS2.C16H13N5OS2/c1-13-20(16-12-24-18-8-4-5-11-28(16)18)31-22(25-13)27-19-10-9-17(30-19)21(29)26-15-7-3-2-6-14(15)23;22-13-5-1-2-6-14(13)25-20(28)16-8-9-19(29-16)26-21-24-12-17(30-21)15-11-23-18-7-3-4-10-27(15)18;1-10-15(11-9-19-13-5-3-4-8-22(11)13)25-17(20-10)21-14-7-6-12(24-14)16(23)18-2;1-17-15(22)11-5-6-14(23-11)20-16-19-9-12(24-16)10-8-18-13-4-2-3-7-21(10)13/h2-12H,23H2,1H3,(H,25,27)(H,26,29);1-12H,22H2,(H,24,26)(H,25,28);3-9H,1-2H3,(H,18,23)(H,20,21);2-9H,1H3,(H,17,22)(H,19,20). The second-order valence-electron chi connectivity index (χ2n) is 23.6. The van der Waals surface area contributed by atoms with Gasteiger partial charge in [0.1, 0.15) is 22.6 Å². The number of nitrogen functional groups attached to an aromatic ring is 2. The second kappa shape index (κ2) is 32.7. The lowest BCUT2D eigenvalue weighted by atomic mass is 10.2. The Bertz CT molecular complexity index is 6340. The Morgan fingerprint density at radius 1 is 0.327 bits per heavy atom. The van der Waals surface area contributed by atoms with E-state index in [1.165, 1.54) is 56.7 Å². The molecule has 110 heavy (non-hydrogen) atoms. The van der Waals surface area contributed by atoms with E-state index in [2.05, 4.69) is 86.8 Å². The summed E-state index contributed by atoms with van der Waals surface area (Å²) in [5, 5.41) is 30.6. The van der Waals surface area contributed by atoms with Gasteiger partial charge >= 0.3 is 0 Å². The van der Waals surface area contributed by atoms with Crippen LogP contribution in [0.5, 0.6) is 0 Å². The Morgan fingerprint density at radius 2 is 0.636 bits per heavy atom. The van der Waals surface area contributed by atoms with Gasteiger partial charge in [-0.1, -0.05) is 93.9 Å². The summed E-state index contributed by atoms with van der Waals surface area (Å²) in [6.07, 6.45) is 19.0. The molecule has 0 saturated heterocycles. The van der Waals surface area contributed by atoms with E-state index in [4.69, 9.17) is 11.5 Å². The van der Waals surface area contributed by atoms with Crippen LogP contribution < -0.4 is 54.0 Å². The first-order valence-corrected chi connectivity index (χ1v) is 40.0. The number of thiophene rings is 4. The Morgan fingerprint density at radius 3 is 0.982 bits per heavy atom. The highest BCUT2D eigenvalue weighted by Crippen LogP contribution is 2.40. The summed E-state index contributed by atoms with van der Waals surface area (Å²) < 4.78 is 8.17. The van der Waals surface area contributed by atoms with E-state index in [-0.39, 0.29) is 23.6 Å². The molecule has 26 nitrogen and oxygen atoms in total. The molecule has 16 aromatic heterocycles. The molecule has 0 unspecified atom stereocenters. The Hall–Kier alpha value is -12.8. The number of carbonyl (C=O) groups is 4. The van der Waals surface area contributed by atoms with Gasteiger partial charge in [-0.2, -0.15) is 0 Å². The Labute approximate surface area is 658 Å². The van der Waals surface area contributed by atoms with Crippen molar-refractivity contribution in [1.29, 1.82) is 0 Å². The van der Waals surface area contributed by atoms with Crippen LogP contribution in [0.25, 0.3) is 64.9 Å². The summed E-state index contributed by atoms with van der Waals surface area (Å²) in [5.41, 5.74) is 23.6. The number of nitrogens with two attached hydrogens (primary N) is 2. The molecule has 0 spiro atoms. The van der Waals surface area contributed by atoms with Crippen molar-refractivity contribution in [3.63, 3.8) is 0 Å². The molecule has 0 aliphatic rings. The van der Waals surface area contributed by atoms with Crippen LogP contribution in [0.2, 0.25) is 0 Å². The lowest BCUT2D eigenvalue weighted by Gasteiger charge is -2.06. The van der Waals surface area contributed by atoms with Gasteiger partial charge in [-0.25, -0.2) is 39.9 Å². The third kappa shape index (κ3) is 16.4. The summed E-state index contributed by atoms with van der Waals surface area (Å²) >= 11 is 11.7. The quantitative estimate of drug-likeness (QED) is 0.0357. The highest BCUT2D eigenvalue weighted by Gasteiger charge is 2.21. The summed E-state index contributed by atoms with van der Waals surface area (Å²) in [7, 11) is 3.25. The van der Waals surface area contributed by atoms with Gasteiger partial charge in [0, 0.05) is 51.3 Å². The fraction of sp³-hybridized carbons (Fsp3) is 0.0526. The number of hydrogen-bond donors (Lipinski definition) is 10. The SMILES string of the molecule is CNC(=O)c1ccc(Nc2nc(C)c(-c3cnc4ccccn34)s2)s1.CNC(=O)c1ccc(Nc2ncc(-c3cnc4ccccn34)s2)s1.Cc1nc(Nc2ccc(C(=O)Nc3ccccc3N)s2)sc1-c1cnc2ccccn12.Nc1ccccc1NC(=O)c1ccc(Nc2ncc(-c3cnc4ccccn34)s2)s1. The zero-order valence-corrected chi connectivity index (χ0v) is 64.9. The average Bonchev–Trinajstić information content (AvgIpc) is 1.66. The number of aromatic nitrogens is 12. The number of pyridine rings is 4. The van der Waals surface area contributed by atoms with Gasteiger partial charge in [0.25, 0.3) is 23.6 Å². The number of nitrogens with zero attached hydrogens (tertiary/aromatic N) is 12. The largest absolute Gasteiger partial charge is 0.397 e. The van der Waals surface area contributed by atoms with Crippen LogP contribution in [0.1, 0.15) is 50.1 Å². The molecule has 0 fully saturated rings. The van der Waals surface area contributed by atoms with Crippen molar-refractivity contribution in [2.45, 2.75) is 13.8 Å². The smallest absolute Gasteiger partial charge is 0.265 e. The lowest BCUT2D eigenvalue weighted by Crippen LogP contribution is -2.15. The Balaban J connectivity index is 0.000000117. The summed E-state index contributed by atoms with van der Waals surface area (Å²) in [6.45, 7) is 3.97. The molecule has 548 valence electrons. The first-order valence-electron chi connectivity index (χ1n) is 33.5. The number of thiazole rings is 4. The Kier molecular flexibility index (Phi) is 21.6. The first kappa shape index (κ1) is 72.7. The van der Waals surface area contributed by atoms with E-state index in [1.807, 2.05) is 210 Å². The van der Waals surface area contributed by atoms with Crippen LogP contribution in [0, 0.1) is 13.8 Å². The minimum Gasteiger partial charge on any atom is -0.397 e. The van der Waals surface area contributed by atoms with Crippen molar-refractivity contribution in [3.8, 4) is 42.3 Å². The zero-order valence-electron chi connectivity index (χ0n) is 58.4. The number of para-hydroxylation sites is 4. The number of amides is 4. The van der Waals surface area contributed by atoms with Gasteiger partial charge < -0.3 is 54.0 Å². The maximum Gasteiger partial charge on any atom is 0.265 e. The fourth-order valence-electron chi connectivity index (χ4n) is 11.1. The van der Waals surface area contributed by atoms with Crippen LogP contribution in [-0.4, -0.2) is 95.2 Å². The molecule has 12 N–H and O–H groups in total. The zero-order chi connectivity index (χ0) is 75.8. The molecule has 4 amide bonds. The molecule has 2 aromatic carbocycles. The number of carbonyl (C=O) groups excluding carboxylic acids is 4. The highest BCUT2D eigenvalue weighted by atomic mass is 32.1. The minimum absolute atomic E-state index is 0.0835. The molecule has 18 rings (SSSR count). The predicted octanol–water partition coefficient (Wildman–Crippen LogP) is 18.1.